The van der Waals surface area contributed by atoms with Gasteiger partial charge in [0.2, 0.25) is 0 Å². The van der Waals surface area contributed by atoms with Crippen LogP contribution in [0.4, 0.5) is 5.82 Å². The molecule has 0 aromatic carbocycles. The van der Waals surface area contributed by atoms with Crippen molar-refractivity contribution in [3.63, 3.8) is 0 Å². The number of nitrogens with zero attached hydrogens (tertiary/aromatic N) is 2. The van der Waals surface area contributed by atoms with Gasteiger partial charge in [0.05, 0.1) is 10.2 Å². The fourth-order valence-corrected chi connectivity index (χ4v) is 2.74. The van der Waals surface area contributed by atoms with Gasteiger partial charge in [0.1, 0.15) is 11.9 Å². The zero-order valence-electron chi connectivity index (χ0n) is 12.6. The summed E-state index contributed by atoms with van der Waals surface area (Å²) in [6.07, 6.45) is -0.0669. The fraction of sp³-hybridized carbons (Fsp3) is 0.714. The molecule has 5 heteroatoms. The highest BCUT2D eigenvalue weighted by Gasteiger charge is 2.23. The molecule has 0 saturated heterocycles. The monoisotopic (exact) mass is 329 g/mol. The van der Waals surface area contributed by atoms with E-state index in [1.165, 1.54) is 0 Å². The first-order valence-corrected chi connectivity index (χ1v) is 7.58. The Labute approximate surface area is 124 Å². The Morgan fingerprint density at radius 2 is 1.84 bits per heavy atom. The third kappa shape index (κ3) is 3.89. The second kappa shape index (κ2) is 7.20. The molecule has 0 amide bonds. The van der Waals surface area contributed by atoms with Crippen LogP contribution in [0.25, 0.3) is 0 Å². The van der Waals surface area contributed by atoms with Crippen molar-refractivity contribution < 1.29 is 4.74 Å². The van der Waals surface area contributed by atoms with Gasteiger partial charge in [0, 0.05) is 13.7 Å². The number of halogens is 1. The average molecular weight is 330 g/mol. The summed E-state index contributed by atoms with van der Waals surface area (Å²) in [7, 11) is 1.87. The van der Waals surface area contributed by atoms with Crippen molar-refractivity contribution in [1.29, 1.82) is 0 Å². The molecule has 0 radical (unpaired) electrons. The lowest BCUT2D eigenvalue weighted by Gasteiger charge is -2.22. The Hall–Kier alpha value is -0.680. The van der Waals surface area contributed by atoms with Gasteiger partial charge in [-0.1, -0.05) is 27.7 Å². The summed E-state index contributed by atoms with van der Waals surface area (Å²) in [5, 5.41) is 3.11. The summed E-state index contributed by atoms with van der Waals surface area (Å²) in [5.74, 6) is 2.25. The molecule has 108 valence electrons. The van der Waals surface area contributed by atoms with Gasteiger partial charge in [0.25, 0.3) is 0 Å². The van der Waals surface area contributed by atoms with E-state index in [0.717, 1.165) is 21.8 Å². The lowest BCUT2D eigenvalue weighted by Crippen LogP contribution is -2.17. The molecule has 0 spiro atoms. The number of rotatable bonds is 6. The van der Waals surface area contributed by atoms with E-state index in [2.05, 4.69) is 53.9 Å². The normalized spacial score (nSPS) is 13.1. The minimum Gasteiger partial charge on any atom is -0.372 e. The van der Waals surface area contributed by atoms with E-state index in [1.807, 2.05) is 14.0 Å². The van der Waals surface area contributed by atoms with Crippen LogP contribution in [0.15, 0.2) is 4.47 Å². The average Bonchev–Trinajstić information content (AvgIpc) is 2.35. The first kappa shape index (κ1) is 16.4. The molecule has 1 aromatic rings. The molecule has 1 N–H and O–H groups in total. The summed E-state index contributed by atoms with van der Waals surface area (Å²) in [6, 6.07) is 0. The zero-order valence-corrected chi connectivity index (χ0v) is 14.2. The Morgan fingerprint density at radius 3 is 2.26 bits per heavy atom. The highest BCUT2D eigenvalue weighted by molar-refractivity contribution is 9.10. The van der Waals surface area contributed by atoms with Crippen molar-refractivity contribution >= 4 is 21.7 Å². The highest BCUT2D eigenvalue weighted by atomic mass is 79.9. The van der Waals surface area contributed by atoms with Crippen molar-refractivity contribution in [1.82, 2.24) is 9.97 Å². The summed E-state index contributed by atoms with van der Waals surface area (Å²) in [6.45, 7) is 11.2. The molecule has 0 aliphatic carbocycles. The van der Waals surface area contributed by atoms with E-state index < -0.39 is 0 Å². The second-order valence-electron chi connectivity index (χ2n) is 5.15. The van der Waals surface area contributed by atoms with Crippen LogP contribution < -0.4 is 5.32 Å². The van der Waals surface area contributed by atoms with E-state index in [9.17, 15) is 0 Å². The molecule has 4 nitrogen and oxygen atoms in total. The Balaban J connectivity index is 3.30. The smallest absolute Gasteiger partial charge is 0.160 e. The summed E-state index contributed by atoms with van der Waals surface area (Å²) < 4.78 is 6.73. The molecule has 1 rings (SSSR count). The standard InChI is InChI=1S/C14H24BrN3O/c1-7-19-12(9(4)5)14-17-11(8(2)3)10(15)13(16-6)18-14/h8-9,12H,7H2,1-6H3,(H,16,17,18). The first-order chi connectivity index (χ1) is 8.92. The van der Waals surface area contributed by atoms with Gasteiger partial charge < -0.3 is 10.1 Å². The molecule has 1 aromatic heterocycles. The highest BCUT2D eigenvalue weighted by Crippen LogP contribution is 2.32. The number of nitrogens with one attached hydrogen (secondary N) is 1. The minimum absolute atomic E-state index is 0.0669. The van der Waals surface area contributed by atoms with E-state index in [0.29, 0.717) is 18.4 Å². The van der Waals surface area contributed by atoms with Crippen LogP contribution in [0, 0.1) is 5.92 Å². The number of hydrogen-bond donors (Lipinski definition) is 1. The minimum atomic E-state index is -0.0669. The maximum absolute atomic E-state index is 5.80. The van der Waals surface area contributed by atoms with Crippen LogP contribution in [0.3, 0.4) is 0 Å². The van der Waals surface area contributed by atoms with Gasteiger partial charge >= 0.3 is 0 Å². The van der Waals surface area contributed by atoms with Gasteiger partial charge in [-0.05, 0) is 34.7 Å². The molecule has 1 unspecified atom stereocenters. The van der Waals surface area contributed by atoms with Crippen LogP contribution in [-0.2, 0) is 4.74 Å². The second-order valence-corrected chi connectivity index (χ2v) is 5.95. The molecule has 0 aliphatic rings. The largest absolute Gasteiger partial charge is 0.372 e. The number of aromatic nitrogens is 2. The molecule has 0 bridgehead atoms. The van der Waals surface area contributed by atoms with Gasteiger partial charge in [0.15, 0.2) is 5.82 Å². The van der Waals surface area contributed by atoms with Crippen molar-refractivity contribution in [3.05, 3.63) is 16.0 Å². The topological polar surface area (TPSA) is 47.0 Å². The van der Waals surface area contributed by atoms with Gasteiger partial charge in [-0.2, -0.15) is 0 Å². The Bertz CT molecular complexity index is 421. The van der Waals surface area contributed by atoms with Gasteiger partial charge in [-0.15, -0.1) is 0 Å². The Kier molecular flexibility index (Phi) is 6.20. The van der Waals surface area contributed by atoms with Gasteiger partial charge in [-0.25, -0.2) is 9.97 Å². The Morgan fingerprint density at radius 1 is 1.21 bits per heavy atom. The van der Waals surface area contributed by atoms with Crippen LogP contribution in [0.1, 0.15) is 58.2 Å². The molecule has 19 heavy (non-hydrogen) atoms. The van der Waals surface area contributed by atoms with Crippen molar-refractivity contribution in [2.75, 3.05) is 19.0 Å². The molecule has 0 aliphatic heterocycles. The SMILES string of the molecule is CCOC(c1nc(NC)c(Br)c(C(C)C)n1)C(C)C. The van der Waals surface area contributed by atoms with Crippen molar-refractivity contribution in [2.24, 2.45) is 5.92 Å². The molecular formula is C14H24BrN3O. The first-order valence-electron chi connectivity index (χ1n) is 6.78. The van der Waals surface area contributed by atoms with E-state index >= 15 is 0 Å². The van der Waals surface area contributed by atoms with Crippen LogP contribution in [0.5, 0.6) is 0 Å². The lowest BCUT2D eigenvalue weighted by molar-refractivity contribution is 0.0231. The predicted molar refractivity (Wildman–Crippen MR) is 82.6 cm³/mol. The predicted octanol–water partition coefficient (Wildman–Crippen LogP) is 4.14. The maximum Gasteiger partial charge on any atom is 0.160 e. The molecule has 0 saturated carbocycles. The summed E-state index contributed by atoms with van der Waals surface area (Å²) in [5.41, 5.74) is 1.01. The fourth-order valence-electron chi connectivity index (χ4n) is 1.90. The zero-order chi connectivity index (χ0) is 14.6. The summed E-state index contributed by atoms with van der Waals surface area (Å²) >= 11 is 3.57. The van der Waals surface area contributed by atoms with Crippen molar-refractivity contribution in [2.45, 2.75) is 46.6 Å². The van der Waals surface area contributed by atoms with Crippen LogP contribution in [-0.4, -0.2) is 23.6 Å². The van der Waals surface area contributed by atoms with E-state index in [4.69, 9.17) is 9.72 Å². The van der Waals surface area contributed by atoms with Crippen LogP contribution in [0.2, 0.25) is 0 Å². The van der Waals surface area contributed by atoms with E-state index in [1.54, 1.807) is 0 Å². The van der Waals surface area contributed by atoms with E-state index in [-0.39, 0.29) is 6.10 Å². The molecule has 1 atom stereocenters. The quantitative estimate of drug-likeness (QED) is 0.852. The molecule has 0 fully saturated rings. The lowest BCUT2D eigenvalue weighted by atomic mass is 10.1. The maximum atomic E-state index is 5.80. The molecular weight excluding hydrogens is 306 g/mol. The number of ether oxygens (including phenoxy) is 1. The third-order valence-electron chi connectivity index (χ3n) is 2.88. The van der Waals surface area contributed by atoms with Crippen LogP contribution >= 0.6 is 15.9 Å². The van der Waals surface area contributed by atoms with Crippen molar-refractivity contribution in [3.8, 4) is 0 Å². The summed E-state index contributed by atoms with van der Waals surface area (Å²) in [4.78, 5) is 9.28. The number of anilines is 1. The van der Waals surface area contributed by atoms with Gasteiger partial charge in [-0.3, -0.25) is 0 Å². The third-order valence-corrected chi connectivity index (χ3v) is 3.67. The molecule has 1 heterocycles. The number of hydrogen-bond acceptors (Lipinski definition) is 4.